The van der Waals surface area contributed by atoms with Crippen molar-refractivity contribution in [3.05, 3.63) is 41.1 Å². The van der Waals surface area contributed by atoms with Crippen molar-refractivity contribution in [1.29, 1.82) is 0 Å². The number of nitrogens with one attached hydrogen (secondary N) is 2. The summed E-state index contributed by atoms with van der Waals surface area (Å²) < 4.78 is 0. The van der Waals surface area contributed by atoms with Crippen LogP contribution in [-0.4, -0.2) is 40.6 Å². The molecule has 0 bridgehead atoms. The van der Waals surface area contributed by atoms with Crippen molar-refractivity contribution in [2.24, 2.45) is 5.92 Å². The maximum Gasteiger partial charge on any atom is 0.216 e. The molecule has 1 aliphatic heterocycles. The molecule has 0 spiro atoms. The Morgan fingerprint density at radius 3 is 3.04 bits per heavy atom. The van der Waals surface area contributed by atoms with Gasteiger partial charge in [-0.3, -0.25) is 14.8 Å². The van der Waals surface area contributed by atoms with Gasteiger partial charge in [0.25, 0.3) is 0 Å². The summed E-state index contributed by atoms with van der Waals surface area (Å²) in [7, 11) is 0. The topological polar surface area (TPSA) is 61.0 Å². The molecule has 128 valence electrons. The van der Waals surface area contributed by atoms with E-state index in [0.717, 1.165) is 38.3 Å². The summed E-state index contributed by atoms with van der Waals surface area (Å²) in [6.07, 6.45) is 3.08. The number of nitrogens with zero attached hydrogens (tertiary/aromatic N) is 2. The fourth-order valence-corrected chi connectivity index (χ4v) is 3.42. The van der Waals surface area contributed by atoms with Gasteiger partial charge in [0.2, 0.25) is 5.91 Å². The van der Waals surface area contributed by atoms with E-state index in [9.17, 15) is 4.79 Å². The van der Waals surface area contributed by atoms with Gasteiger partial charge >= 0.3 is 0 Å². The second-order valence-electron chi connectivity index (χ2n) is 6.92. The van der Waals surface area contributed by atoms with Gasteiger partial charge < -0.3 is 5.32 Å². The number of aryl methyl sites for hydroxylation is 2. The number of carbonyl (C=O) groups excluding carboxylic acids is 1. The summed E-state index contributed by atoms with van der Waals surface area (Å²) in [5.74, 6) is 0.602. The maximum atomic E-state index is 11.1. The van der Waals surface area contributed by atoms with Crippen molar-refractivity contribution in [3.63, 3.8) is 0 Å². The number of amides is 1. The summed E-state index contributed by atoms with van der Waals surface area (Å²) in [5.41, 5.74) is 6.12. The lowest BCUT2D eigenvalue weighted by atomic mass is 10.0. The molecule has 2 N–H and O–H groups in total. The van der Waals surface area contributed by atoms with Gasteiger partial charge in [0.1, 0.15) is 0 Å². The van der Waals surface area contributed by atoms with E-state index >= 15 is 0 Å². The van der Waals surface area contributed by atoms with E-state index in [0.29, 0.717) is 5.92 Å². The molecule has 5 nitrogen and oxygen atoms in total. The number of hydrogen-bond donors (Lipinski definition) is 2. The number of rotatable bonds is 5. The molecule has 2 aromatic rings. The van der Waals surface area contributed by atoms with Crippen LogP contribution in [0.25, 0.3) is 11.3 Å². The Morgan fingerprint density at radius 1 is 1.42 bits per heavy atom. The first kappa shape index (κ1) is 16.7. The van der Waals surface area contributed by atoms with Crippen LogP contribution in [0, 0.1) is 19.8 Å². The van der Waals surface area contributed by atoms with Crippen LogP contribution < -0.4 is 5.32 Å². The van der Waals surface area contributed by atoms with Crippen LogP contribution in [0.5, 0.6) is 0 Å². The summed E-state index contributed by atoms with van der Waals surface area (Å²) in [6.45, 7) is 9.61. The molecule has 0 saturated carbocycles. The number of hydrogen-bond acceptors (Lipinski definition) is 3. The molecule has 5 heteroatoms. The van der Waals surface area contributed by atoms with Crippen LogP contribution in [0.2, 0.25) is 0 Å². The molecule has 1 aromatic heterocycles. The highest BCUT2D eigenvalue weighted by molar-refractivity contribution is 5.72. The Morgan fingerprint density at radius 2 is 2.25 bits per heavy atom. The van der Waals surface area contributed by atoms with Crippen LogP contribution in [0.4, 0.5) is 0 Å². The van der Waals surface area contributed by atoms with Gasteiger partial charge in [-0.15, -0.1) is 0 Å². The molecule has 0 unspecified atom stereocenters. The van der Waals surface area contributed by atoms with Gasteiger partial charge in [-0.1, -0.05) is 17.7 Å². The molecule has 1 saturated heterocycles. The van der Waals surface area contributed by atoms with Crippen LogP contribution in [0.1, 0.15) is 30.0 Å². The minimum atomic E-state index is 0.0560. The molecule has 1 fully saturated rings. The Bertz CT molecular complexity index is 722. The normalized spacial score (nSPS) is 18.0. The molecule has 24 heavy (non-hydrogen) atoms. The van der Waals surface area contributed by atoms with Crippen LogP contribution in [0.3, 0.4) is 0 Å². The number of aromatic amines is 1. The molecule has 0 radical (unpaired) electrons. The first-order valence-corrected chi connectivity index (χ1v) is 8.59. The SMILES string of the molecule is CC(=O)NC[C@@H]1CCN(Cc2cn[nH]c2-c2cc(C)ccc2C)C1. The van der Waals surface area contributed by atoms with E-state index in [1.807, 2.05) is 6.20 Å². The minimum absolute atomic E-state index is 0.0560. The van der Waals surface area contributed by atoms with E-state index in [1.165, 1.54) is 22.3 Å². The van der Waals surface area contributed by atoms with Crippen molar-refractivity contribution >= 4 is 5.91 Å². The minimum Gasteiger partial charge on any atom is -0.356 e. The Balaban J connectivity index is 1.68. The molecule has 1 atom stereocenters. The highest BCUT2D eigenvalue weighted by Gasteiger charge is 2.24. The number of H-pyrrole nitrogens is 1. The summed E-state index contributed by atoms with van der Waals surface area (Å²) >= 11 is 0. The Hall–Kier alpha value is -2.14. The molecule has 0 aliphatic carbocycles. The molecule has 1 aliphatic rings. The molecule has 1 amide bonds. The lowest BCUT2D eigenvalue weighted by Crippen LogP contribution is -2.29. The quantitative estimate of drug-likeness (QED) is 0.888. The average Bonchev–Trinajstić information content (AvgIpc) is 3.17. The number of likely N-dealkylation sites (tertiary alicyclic amines) is 1. The van der Waals surface area contributed by atoms with Gasteiger partial charge in [0, 0.05) is 37.7 Å². The molecular weight excluding hydrogens is 300 g/mol. The van der Waals surface area contributed by atoms with E-state index < -0.39 is 0 Å². The zero-order valence-corrected chi connectivity index (χ0v) is 14.7. The van der Waals surface area contributed by atoms with Crippen molar-refractivity contribution in [1.82, 2.24) is 20.4 Å². The largest absolute Gasteiger partial charge is 0.356 e. The second-order valence-corrected chi connectivity index (χ2v) is 6.92. The third-order valence-electron chi connectivity index (χ3n) is 4.78. The smallest absolute Gasteiger partial charge is 0.216 e. The van der Waals surface area contributed by atoms with E-state index in [1.54, 1.807) is 6.92 Å². The van der Waals surface area contributed by atoms with Crippen LogP contribution in [0.15, 0.2) is 24.4 Å². The predicted molar refractivity (Wildman–Crippen MR) is 95.6 cm³/mol. The number of benzene rings is 1. The highest BCUT2D eigenvalue weighted by Crippen LogP contribution is 2.28. The van der Waals surface area contributed by atoms with Gasteiger partial charge in [0.15, 0.2) is 0 Å². The zero-order chi connectivity index (χ0) is 17.1. The lowest BCUT2D eigenvalue weighted by molar-refractivity contribution is -0.119. The maximum absolute atomic E-state index is 11.1. The molecular formula is C19H26N4O. The Kier molecular flexibility index (Phi) is 5.00. The standard InChI is InChI=1S/C19H26N4O/c1-13-4-5-14(2)18(8-13)19-17(10-21-22-19)12-23-7-6-16(11-23)9-20-15(3)24/h4-5,8,10,16H,6-7,9,11-12H2,1-3H3,(H,20,24)(H,21,22)/t16-/m0/s1. The first-order chi connectivity index (χ1) is 11.5. The zero-order valence-electron chi connectivity index (χ0n) is 14.7. The van der Waals surface area contributed by atoms with E-state index in [4.69, 9.17) is 0 Å². The van der Waals surface area contributed by atoms with Gasteiger partial charge in [0.05, 0.1) is 11.9 Å². The van der Waals surface area contributed by atoms with Crippen LogP contribution >= 0.6 is 0 Å². The van der Waals surface area contributed by atoms with Crippen LogP contribution in [-0.2, 0) is 11.3 Å². The van der Waals surface area contributed by atoms with Gasteiger partial charge in [-0.2, -0.15) is 5.10 Å². The number of aromatic nitrogens is 2. The van der Waals surface area contributed by atoms with Crippen molar-refractivity contribution < 1.29 is 4.79 Å². The average molecular weight is 326 g/mol. The summed E-state index contributed by atoms with van der Waals surface area (Å²) in [5, 5.41) is 10.4. The summed E-state index contributed by atoms with van der Waals surface area (Å²) in [4.78, 5) is 13.5. The predicted octanol–water partition coefficient (Wildman–Crippen LogP) is 2.65. The summed E-state index contributed by atoms with van der Waals surface area (Å²) in [6, 6.07) is 6.52. The third-order valence-corrected chi connectivity index (χ3v) is 4.78. The van der Waals surface area contributed by atoms with Gasteiger partial charge in [-0.25, -0.2) is 0 Å². The monoisotopic (exact) mass is 326 g/mol. The highest BCUT2D eigenvalue weighted by atomic mass is 16.1. The molecule has 2 heterocycles. The van der Waals surface area contributed by atoms with Crippen molar-refractivity contribution in [3.8, 4) is 11.3 Å². The fraction of sp³-hybridized carbons (Fsp3) is 0.474. The number of carbonyl (C=O) groups is 1. The third kappa shape index (κ3) is 3.85. The molecule has 1 aromatic carbocycles. The lowest BCUT2D eigenvalue weighted by Gasteiger charge is -2.17. The van der Waals surface area contributed by atoms with Crippen molar-refractivity contribution in [2.45, 2.75) is 33.7 Å². The van der Waals surface area contributed by atoms with Gasteiger partial charge in [-0.05, 0) is 44.4 Å². The first-order valence-electron chi connectivity index (χ1n) is 8.59. The fourth-order valence-electron chi connectivity index (χ4n) is 3.42. The molecule has 3 rings (SSSR count). The van der Waals surface area contributed by atoms with E-state index in [-0.39, 0.29) is 5.91 Å². The van der Waals surface area contributed by atoms with Crippen molar-refractivity contribution in [2.75, 3.05) is 19.6 Å². The van der Waals surface area contributed by atoms with E-state index in [2.05, 4.69) is 52.5 Å². The second kappa shape index (κ2) is 7.18. The Labute approximate surface area is 143 Å².